The van der Waals surface area contributed by atoms with Crippen LogP contribution in [0.2, 0.25) is 10.0 Å². The van der Waals surface area contributed by atoms with Crippen molar-refractivity contribution in [3.63, 3.8) is 0 Å². The summed E-state index contributed by atoms with van der Waals surface area (Å²) in [6.45, 7) is 2.62. The Bertz CT molecular complexity index is 556. The molecule has 0 spiro atoms. The fourth-order valence-electron chi connectivity index (χ4n) is 1.45. The van der Waals surface area contributed by atoms with Crippen LogP contribution in [0.4, 0.5) is 5.69 Å². The predicted molar refractivity (Wildman–Crippen MR) is 80.5 cm³/mol. The van der Waals surface area contributed by atoms with E-state index in [1.165, 1.54) is 0 Å². The van der Waals surface area contributed by atoms with E-state index in [0.29, 0.717) is 16.6 Å². The minimum absolute atomic E-state index is 0.512. The van der Waals surface area contributed by atoms with Crippen LogP contribution in [0.3, 0.4) is 0 Å². The van der Waals surface area contributed by atoms with E-state index in [0.717, 1.165) is 21.4 Å². The minimum atomic E-state index is 0.512. The Morgan fingerprint density at radius 2 is 1.94 bits per heavy atom. The second kappa shape index (κ2) is 5.91. The van der Waals surface area contributed by atoms with Crippen LogP contribution >= 0.6 is 39.1 Å². The smallest absolute Gasteiger partial charge is 0.0835 e. The summed E-state index contributed by atoms with van der Waals surface area (Å²) in [5.41, 5.74) is 2.89. The third-order valence-corrected chi connectivity index (χ3v) is 4.24. The maximum Gasteiger partial charge on any atom is 0.0835 e. The molecule has 0 saturated heterocycles. The van der Waals surface area contributed by atoms with Crippen LogP contribution in [0.15, 0.2) is 34.9 Å². The number of aryl methyl sites for hydroxylation is 1. The SMILES string of the molecule is Cc1ccc(CNc2ccc(Br)c(Cl)c2Cl)nc1. The zero-order chi connectivity index (χ0) is 13.1. The van der Waals surface area contributed by atoms with Crippen molar-refractivity contribution in [1.29, 1.82) is 0 Å². The van der Waals surface area contributed by atoms with Crippen LogP contribution in [0.1, 0.15) is 11.3 Å². The first-order chi connectivity index (χ1) is 8.58. The highest BCUT2D eigenvalue weighted by Gasteiger charge is 2.08. The normalized spacial score (nSPS) is 10.4. The number of anilines is 1. The van der Waals surface area contributed by atoms with Crippen LogP contribution in [0, 0.1) is 6.92 Å². The van der Waals surface area contributed by atoms with Crippen molar-refractivity contribution in [3.05, 3.63) is 56.2 Å². The van der Waals surface area contributed by atoms with Crippen molar-refractivity contribution in [1.82, 2.24) is 4.98 Å². The van der Waals surface area contributed by atoms with Crippen LogP contribution < -0.4 is 5.32 Å². The number of pyridine rings is 1. The molecule has 5 heteroatoms. The Kier molecular flexibility index (Phi) is 4.49. The second-order valence-corrected chi connectivity index (χ2v) is 5.51. The minimum Gasteiger partial charge on any atom is -0.378 e. The van der Waals surface area contributed by atoms with E-state index in [2.05, 4.69) is 26.2 Å². The summed E-state index contributed by atoms with van der Waals surface area (Å²) < 4.78 is 0.785. The quantitative estimate of drug-likeness (QED) is 0.785. The molecule has 0 amide bonds. The highest BCUT2D eigenvalue weighted by Crippen LogP contribution is 2.35. The molecule has 18 heavy (non-hydrogen) atoms. The summed E-state index contributed by atoms with van der Waals surface area (Å²) >= 11 is 15.5. The molecule has 0 saturated carbocycles. The van der Waals surface area contributed by atoms with Crippen molar-refractivity contribution in [2.45, 2.75) is 13.5 Å². The summed E-state index contributed by atoms with van der Waals surface area (Å²) in [4.78, 5) is 4.32. The summed E-state index contributed by atoms with van der Waals surface area (Å²) in [7, 11) is 0. The third kappa shape index (κ3) is 3.16. The van der Waals surface area contributed by atoms with Gasteiger partial charge in [0, 0.05) is 10.7 Å². The summed E-state index contributed by atoms with van der Waals surface area (Å²) in [6.07, 6.45) is 1.84. The number of hydrogen-bond donors (Lipinski definition) is 1. The lowest BCUT2D eigenvalue weighted by Crippen LogP contribution is -2.02. The number of rotatable bonds is 3. The van der Waals surface area contributed by atoms with Gasteiger partial charge in [-0.2, -0.15) is 0 Å². The molecule has 0 fully saturated rings. The summed E-state index contributed by atoms with van der Waals surface area (Å²) in [5.74, 6) is 0. The Hall–Kier alpha value is -0.770. The lowest BCUT2D eigenvalue weighted by atomic mass is 10.2. The Morgan fingerprint density at radius 3 is 2.61 bits per heavy atom. The van der Waals surface area contributed by atoms with E-state index in [1.54, 1.807) is 0 Å². The molecule has 0 atom stereocenters. The fourth-order valence-corrected chi connectivity index (χ4v) is 2.29. The average Bonchev–Trinajstić information content (AvgIpc) is 2.37. The molecular weight excluding hydrogens is 335 g/mol. The lowest BCUT2D eigenvalue weighted by molar-refractivity contribution is 1.04. The molecule has 2 nitrogen and oxygen atoms in total. The number of halogens is 3. The van der Waals surface area contributed by atoms with E-state index in [4.69, 9.17) is 23.2 Å². The molecule has 1 N–H and O–H groups in total. The Labute approximate surface area is 124 Å². The van der Waals surface area contributed by atoms with Gasteiger partial charge in [-0.25, -0.2) is 0 Å². The number of nitrogens with one attached hydrogen (secondary N) is 1. The molecule has 1 aromatic heterocycles. The monoisotopic (exact) mass is 344 g/mol. The standard InChI is InChI=1S/C13H11BrCl2N2/c1-8-2-3-9(17-6-8)7-18-11-5-4-10(14)12(15)13(11)16/h2-6,18H,7H2,1H3. The zero-order valence-electron chi connectivity index (χ0n) is 9.67. The molecule has 2 aromatic rings. The third-order valence-electron chi connectivity index (χ3n) is 2.47. The molecule has 0 unspecified atom stereocenters. The molecule has 0 aliphatic rings. The highest BCUT2D eigenvalue weighted by atomic mass is 79.9. The van der Waals surface area contributed by atoms with Gasteiger partial charge < -0.3 is 5.32 Å². The van der Waals surface area contributed by atoms with Gasteiger partial charge in [-0.1, -0.05) is 29.3 Å². The van der Waals surface area contributed by atoms with E-state index in [1.807, 2.05) is 37.4 Å². The molecule has 1 heterocycles. The molecule has 0 radical (unpaired) electrons. The van der Waals surface area contributed by atoms with Gasteiger partial charge in [-0.3, -0.25) is 4.98 Å². The van der Waals surface area contributed by atoms with Gasteiger partial charge in [-0.15, -0.1) is 0 Å². The lowest BCUT2D eigenvalue weighted by Gasteiger charge is -2.10. The van der Waals surface area contributed by atoms with E-state index < -0.39 is 0 Å². The summed E-state index contributed by atoms with van der Waals surface area (Å²) in [5, 5.41) is 4.24. The largest absolute Gasteiger partial charge is 0.378 e. The van der Waals surface area contributed by atoms with Gasteiger partial charge in [-0.05, 0) is 46.6 Å². The van der Waals surface area contributed by atoms with Gasteiger partial charge in [0.1, 0.15) is 0 Å². The first-order valence-electron chi connectivity index (χ1n) is 5.37. The maximum atomic E-state index is 6.15. The van der Waals surface area contributed by atoms with Crippen molar-refractivity contribution < 1.29 is 0 Å². The predicted octanol–water partition coefficient (Wildman–Crippen LogP) is 5.07. The second-order valence-electron chi connectivity index (χ2n) is 3.90. The molecular formula is C13H11BrCl2N2. The highest BCUT2D eigenvalue weighted by molar-refractivity contribution is 9.10. The topological polar surface area (TPSA) is 24.9 Å². The van der Waals surface area contributed by atoms with Crippen LogP contribution in [-0.2, 0) is 6.54 Å². The number of aromatic nitrogens is 1. The van der Waals surface area contributed by atoms with Crippen LogP contribution in [-0.4, -0.2) is 4.98 Å². The molecule has 1 aromatic carbocycles. The van der Waals surface area contributed by atoms with Crippen molar-refractivity contribution in [2.75, 3.05) is 5.32 Å². The Morgan fingerprint density at radius 1 is 1.17 bits per heavy atom. The first kappa shape index (κ1) is 13.7. The average molecular weight is 346 g/mol. The van der Waals surface area contributed by atoms with Crippen LogP contribution in [0.25, 0.3) is 0 Å². The first-order valence-corrected chi connectivity index (χ1v) is 6.91. The zero-order valence-corrected chi connectivity index (χ0v) is 12.8. The van der Waals surface area contributed by atoms with Gasteiger partial charge in [0.15, 0.2) is 0 Å². The molecule has 2 rings (SSSR count). The van der Waals surface area contributed by atoms with Gasteiger partial charge >= 0.3 is 0 Å². The molecule has 0 bridgehead atoms. The summed E-state index contributed by atoms with van der Waals surface area (Å²) in [6, 6.07) is 7.75. The van der Waals surface area contributed by atoms with Gasteiger partial charge in [0.05, 0.1) is 28.0 Å². The molecule has 94 valence electrons. The van der Waals surface area contributed by atoms with E-state index >= 15 is 0 Å². The number of nitrogens with zero attached hydrogens (tertiary/aromatic N) is 1. The van der Waals surface area contributed by atoms with Gasteiger partial charge in [0.2, 0.25) is 0 Å². The van der Waals surface area contributed by atoms with Crippen LogP contribution in [0.5, 0.6) is 0 Å². The van der Waals surface area contributed by atoms with Gasteiger partial charge in [0.25, 0.3) is 0 Å². The maximum absolute atomic E-state index is 6.15. The number of hydrogen-bond acceptors (Lipinski definition) is 2. The molecule has 0 aliphatic carbocycles. The Balaban J connectivity index is 2.11. The van der Waals surface area contributed by atoms with E-state index in [-0.39, 0.29) is 0 Å². The fraction of sp³-hybridized carbons (Fsp3) is 0.154. The number of benzene rings is 1. The van der Waals surface area contributed by atoms with Crippen molar-refractivity contribution in [3.8, 4) is 0 Å². The molecule has 0 aliphatic heterocycles. The van der Waals surface area contributed by atoms with Crippen molar-refractivity contribution in [2.24, 2.45) is 0 Å². The van der Waals surface area contributed by atoms with Crippen molar-refractivity contribution >= 4 is 44.8 Å². The van der Waals surface area contributed by atoms with E-state index in [9.17, 15) is 0 Å².